The van der Waals surface area contributed by atoms with E-state index in [0.29, 0.717) is 18.1 Å². The van der Waals surface area contributed by atoms with Gasteiger partial charge in [-0.1, -0.05) is 43.2 Å². The summed E-state index contributed by atoms with van der Waals surface area (Å²) in [5.74, 6) is 0.231. The molecule has 0 N–H and O–H groups in total. The largest absolute Gasteiger partial charge is 0.335 e. The Morgan fingerprint density at radius 1 is 1.11 bits per heavy atom. The van der Waals surface area contributed by atoms with E-state index in [-0.39, 0.29) is 5.91 Å². The van der Waals surface area contributed by atoms with Crippen LogP contribution in [0.3, 0.4) is 0 Å². The van der Waals surface area contributed by atoms with Gasteiger partial charge in [0.25, 0.3) is 0 Å². The summed E-state index contributed by atoms with van der Waals surface area (Å²) in [4.78, 5) is 17.5. The summed E-state index contributed by atoms with van der Waals surface area (Å²) in [6, 6.07) is 13.8. The minimum atomic E-state index is 0.231. The molecular weight excluding hydrogens is 348 g/mol. The molecule has 5 heteroatoms. The van der Waals surface area contributed by atoms with Crippen molar-refractivity contribution in [1.82, 2.24) is 19.6 Å². The second-order valence-electron chi connectivity index (χ2n) is 8.41. The quantitative estimate of drug-likeness (QED) is 0.816. The number of fused-ring (bicyclic) bond motifs is 1. The molecule has 5 nitrogen and oxygen atoms in total. The number of rotatable bonds is 4. The van der Waals surface area contributed by atoms with E-state index in [1.54, 1.807) is 6.92 Å². The summed E-state index contributed by atoms with van der Waals surface area (Å²) >= 11 is 0. The molecule has 0 bridgehead atoms. The molecule has 2 saturated heterocycles. The highest BCUT2D eigenvalue weighted by molar-refractivity contribution is 5.74. The minimum absolute atomic E-state index is 0.231. The first-order chi connectivity index (χ1) is 13.6. The zero-order valence-corrected chi connectivity index (χ0v) is 17.1. The maximum absolute atomic E-state index is 12.7. The molecule has 0 aliphatic carbocycles. The van der Waals surface area contributed by atoms with Gasteiger partial charge in [-0.3, -0.25) is 14.4 Å². The fourth-order valence-electron chi connectivity index (χ4n) is 5.26. The lowest BCUT2D eigenvalue weighted by molar-refractivity contribution is -0.132. The number of carbonyl (C=O) groups excluding carboxylic acids is 1. The third-order valence-electron chi connectivity index (χ3n) is 6.59. The lowest BCUT2D eigenvalue weighted by Crippen LogP contribution is -2.48. The van der Waals surface area contributed by atoms with E-state index < -0.39 is 0 Å². The van der Waals surface area contributed by atoms with E-state index in [0.717, 1.165) is 32.4 Å². The molecule has 2 aromatic rings. The number of benzene rings is 1. The molecule has 2 aliphatic heterocycles. The van der Waals surface area contributed by atoms with Crippen LogP contribution in [0.15, 0.2) is 42.6 Å². The predicted octanol–water partition coefficient (Wildman–Crippen LogP) is 3.40. The third-order valence-corrected chi connectivity index (χ3v) is 6.59. The molecule has 1 aromatic carbocycles. The van der Waals surface area contributed by atoms with Gasteiger partial charge in [-0.25, -0.2) is 0 Å². The van der Waals surface area contributed by atoms with Crippen LogP contribution >= 0.6 is 0 Å². The zero-order valence-electron chi connectivity index (χ0n) is 17.1. The van der Waals surface area contributed by atoms with Crippen molar-refractivity contribution in [1.29, 1.82) is 0 Å². The van der Waals surface area contributed by atoms with E-state index in [9.17, 15) is 4.79 Å². The molecule has 3 atom stereocenters. The number of hydrogen-bond donors (Lipinski definition) is 0. The van der Waals surface area contributed by atoms with Crippen molar-refractivity contribution in [2.75, 3.05) is 6.54 Å². The number of likely N-dealkylation sites (tertiary alicyclic amines) is 2. The first kappa shape index (κ1) is 19.2. The standard InChI is InChI=1S/C23H32N4O/c1-18(28)27-21(15-19-9-5-3-6-10-19)16-23-22(27)11-7-4-8-14-26(23)17-20-12-13-24-25(20)2/h3,5-6,9-10,12-13,21-23H,4,7-8,11,14-17H2,1-2H3/t21-,22-,23+/m1/s1. The van der Waals surface area contributed by atoms with Crippen molar-refractivity contribution in [2.24, 2.45) is 7.05 Å². The van der Waals surface area contributed by atoms with Crippen molar-refractivity contribution in [3.05, 3.63) is 53.9 Å². The van der Waals surface area contributed by atoms with Crippen LogP contribution in [-0.4, -0.2) is 50.2 Å². The molecule has 0 spiro atoms. The molecule has 0 unspecified atom stereocenters. The Hall–Kier alpha value is -2.14. The van der Waals surface area contributed by atoms with Crippen molar-refractivity contribution in [3.8, 4) is 0 Å². The second kappa shape index (κ2) is 8.48. The van der Waals surface area contributed by atoms with E-state index in [1.807, 2.05) is 17.9 Å². The molecule has 4 rings (SSSR count). The van der Waals surface area contributed by atoms with Crippen molar-refractivity contribution < 1.29 is 4.79 Å². The van der Waals surface area contributed by atoms with Crippen LogP contribution < -0.4 is 0 Å². The highest BCUT2D eigenvalue weighted by Crippen LogP contribution is 2.35. The smallest absolute Gasteiger partial charge is 0.220 e. The van der Waals surface area contributed by atoms with Crippen molar-refractivity contribution in [2.45, 2.75) is 70.1 Å². The van der Waals surface area contributed by atoms with Crippen LogP contribution in [0.2, 0.25) is 0 Å². The summed E-state index contributed by atoms with van der Waals surface area (Å²) in [5.41, 5.74) is 2.58. The maximum Gasteiger partial charge on any atom is 0.220 e. The summed E-state index contributed by atoms with van der Waals surface area (Å²) in [5, 5.41) is 4.35. The van der Waals surface area contributed by atoms with Gasteiger partial charge in [0.15, 0.2) is 0 Å². The van der Waals surface area contributed by atoms with Crippen LogP contribution in [0.5, 0.6) is 0 Å². The van der Waals surface area contributed by atoms with E-state index in [1.165, 1.54) is 30.5 Å². The van der Waals surface area contributed by atoms with Gasteiger partial charge in [-0.05, 0) is 43.9 Å². The molecule has 0 radical (unpaired) electrons. The molecule has 2 fully saturated rings. The summed E-state index contributed by atoms with van der Waals surface area (Å²) in [6.45, 7) is 3.78. The van der Waals surface area contributed by atoms with Crippen LogP contribution in [0.4, 0.5) is 0 Å². The average Bonchev–Trinajstić information content (AvgIpc) is 3.22. The topological polar surface area (TPSA) is 41.4 Å². The maximum atomic E-state index is 12.7. The Morgan fingerprint density at radius 2 is 1.93 bits per heavy atom. The Morgan fingerprint density at radius 3 is 2.64 bits per heavy atom. The van der Waals surface area contributed by atoms with Gasteiger partial charge in [0.2, 0.25) is 5.91 Å². The molecule has 28 heavy (non-hydrogen) atoms. The lowest BCUT2D eigenvalue weighted by Gasteiger charge is -2.37. The van der Waals surface area contributed by atoms with Crippen molar-refractivity contribution >= 4 is 5.91 Å². The van der Waals surface area contributed by atoms with Crippen LogP contribution in [0, 0.1) is 0 Å². The normalized spacial score (nSPS) is 25.9. The number of aryl methyl sites for hydroxylation is 1. The summed E-state index contributed by atoms with van der Waals surface area (Å²) in [6.07, 6.45) is 8.74. The van der Waals surface area contributed by atoms with Crippen LogP contribution in [0.25, 0.3) is 0 Å². The van der Waals surface area contributed by atoms with E-state index in [2.05, 4.69) is 51.3 Å². The van der Waals surface area contributed by atoms with Gasteiger partial charge in [0, 0.05) is 44.8 Å². The highest BCUT2D eigenvalue weighted by atomic mass is 16.2. The number of carbonyl (C=O) groups is 1. The Kier molecular flexibility index (Phi) is 5.81. The highest BCUT2D eigenvalue weighted by Gasteiger charge is 2.45. The Balaban J connectivity index is 1.59. The fourth-order valence-corrected chi connectivity index (χ4v) is 5.26. The van der Waals surface area contributed by atoms with Gasteiger partial charge in [0.1, 0.15) is 0 Å². The lowest BCUT2D eigenvalue weighted by atomic mass is 9.96. The summed E-state index contributed by atoms with van der Waals surface area (Å²) < 4.78 is 1.98. The molecule has 1 amide bonds. The van der Waals surface area contributed by atoms with Gasteiger partial charge in [-0.2, -0.15) is 5.10 Å². The number of aromatic nitrogens is 2. The van der Waals surface area contributed by atoms with Crippen molar-refractivity contribution in [3.63, 3.8) is 0 Å². The average molecular weight is 381 g/mol. The molecule has 2 aliphatic rings. The number of hydrogen-bond acceptors (Lipinski definition) is 3. The predicted molar refractivity (Wildman–Crippen MR) is 111 cm³/mol. The molecular formula is C23H32N4O. The number of amides is 1. The van der Waals surface area contributed by atoms with Crippen LogP contribution in [-0.2, 0) is 24.8 Å². The first-order valence-corrected chi connectivity index (χ1v) is 10.7. The SMILES string of the molecule is CC(=O)N1[C@H](Cc2ccccc2)C[C@H]2[C@H]1CCCCCN2Cc1ccnn1C. The first-order valence-electron chi connectivity index (χ1n) is 10.7. The molecule has 3 heterocycles. The zero-order chi connectivity index (χ0) is 19.5. The van der Waals surface area contributed by atoms with Gasteiger partial charge < -0.3 is 4.90 Å². The summed E-state index contributed by atoms with van der Waals surface area (Å²) in [7, 11) is 2.02. The van der Waals surface area contributed by atoms with E-state index in [4.69, 9.17) is 0 Å². The third kappa shape index (κ3) is 4.00. The fraction of sp³-hybridized carbons (Fsp3) is 0.565. The van der Waals surface area contributed by atoms with Gasteiger partial charge in [0.05, 0.1) is 5.69 Å². The second-order valence-corrected chi connectivity index (χ2v) is 8.41. The van der Waals surface area contributed by atoms with E-state index >= 15 is 0 Å². The Labute approximate surface area is 168 Å². The monoisotopic (exact) mass is 380 g/mol. The number of nitrogens with zero attached hydrogens (tertiary/aromatic N) is 4. The van der Waals surface area contributed by atoms with Gasteiger partial charge >= 0.3 is 0 Å². The van der Waals surface area contributed by atoms with Crippen LogP contribution in [0.1, 0.15) is 50.3 Å². The molecule has 1 aromatic heterocycles. The van der Waals surface area contributed by atoms with Gasteiger partial charge in [-0.15, -0.1) is 0 Å². The molecule has 150 valence electrons. The molecule has 0 saturated carbocycles. The Bertz CT molecular complexity index is 787. The minimum Gasteiger partial charge on any atom is -0.335 e.